The Bertz CT molecular complexity index is 1860. The highest BCUT2D eigenvalue weighted by Gasteiger charge is 2.48. The van der Waals surface area contributed by atoms with Crippen molar-refractivity contribution in [3.8, 4) is 5.75 Å². The number of thiazole rings is 1. The number of nitrogens with zero attached hydrogens (tertiary/aromatic N) is 2. The topological polar surface area (TPSA) is 132 Å². The molecule has 11 heteroatoms. The lowest BCUT2D eigenvalue weighted by atomic mass is 9.94. The number of hydrogen-bond acceptors (Lipinski definition) is 10. The van der Waals surface area contributed by atoms with E-state index >= 15 is 0 Å². The number of Topliss-reactive ketones (excluding diaryl/α,β-unsaturated/α-hetero) is 1. The Kier molecular flexibility index (Phi) is 9.43. The second kappa shape index (κ2) is 13.6. The summed E-state index contributed by atoms with van der Waals surface area (Å²) in [7, 11) is 1.26. The summed E-state index contributed by atoms with van der Waals surface area (Å²) in [5.74, 6) is -2.97. The molecular weight excluding hydrogens is 608 g/mol. The minimum Gasteiger partial charge on any atom is -0.507 e. The zero-order chi connectivity index (χ0) is 33.0. The van der Waals surface area contributed by atoms with Crippen LogP contribution in [0, 0.1) is 13.8 Å². The first-order chi connectivity index (χ1) is 22.1. The van der Waals surface area contributed by atoms with Gasteiger partial charge in [0.1, 0.15) is 29.6 Å². The molecule has 46 heavy (non-hydrogen) atoms. The van der Waals surface area contributed by atoms with E-state index in [9.17, 15) is 24.3 Å². The average molecular weight is 639 g/mol. The van der Waals surface area contributed by atoms with Gasteiger partial charge < -0.3 is 19.3 Å². The van der Waals surface area contributed by atoms with Crippen LogP contribution in [0.15, 0.2) is 91.0 Å². The first-order valence-electron chi connectivity index (χ1n) is 14.2. The highest BCUT2D eigenvalue weighted by molar-refractivity contribution is 7.17. The summed E-state index contributed by atoms with van der Waals surface area (Å²) in [6.45, 7) is 7.45. The Labute approximate surface area is 269 Å². The Hall–Kier alpha value is -5.55. The fourth-order valence-corrected chi connectivity index (χ4v) is 5.96. The molecule has 1 atom stereocenters. The number of aryl methyl sites for hydroxylation is 2. The van der Waals surface area contributed by atoms with Crippen LogP contribution in [0.1, 0.15) is 54.0 Å². The number of benzene rings is 3. The van der Waals surface area contributed by atoms with Crippen molar-refractivity contribution in [3.05, 3.63) is 129 Å². The SMILES string of the molecule is C=CCOC(=O)c1sc(N2C(=O)C(=O)C(=C(O)c3ccc(OCc4cccc(C)c4)cc3)C2c2ccc(C(=O)OC)cc2)nc1C. The van der Waals surface area contributed by atoms with Crippen molar-refractivity contribution < 1.29 is 38.5 Å². The third kappa shape index (κ3) is 6.45. The van der Waals surface area contributed by atoms with Crippen LogP contribution in [0.25, 0.3) is 5.76 Å². The van der Waals surface area contributed by atoms with Crippen LogP contribution in [-0.2, 0) is 25.7 Å². The number of carbonyl (C=O) groups is 4. The Morgan fingerprint density at radius 2 is 1.70 bits per heavy atom. The van der Waals surface area contributed by atoms with Crippen molar-refractivity contribution in [2.45, 2.75) is 26.5 Å². The Morgan fingerprint density at radius 3 is 2.35 bits per heavy atom. The smallest absolute Gasteiger partial charge is 0.350 e. The molecule has 2 heterocycles. The van der Waals surface area contributed by atoms with Crippen molar-refractivity contribution in [3.63, 3.8) is 0 Å². The molecule has 1 fully saturated rings. The molecule has 0 spiro atoms. The van der Waals surface area contributed by atoms with E-state index in [-0.39, 0.29) is 33.3 Å². The largest absolute Gasteiger partial charge is 0.507 e. The number of rotatable bonds is 10. The predicted octanol–water partition coefficient (Wildman–Crippen LogP) is 6.09. The van der Waals surface area contributed by atoms with Gasteiger partial charge in [-0.05, 0) is 61.4 Å². The number of aliphatic hydroxyl groups is 1. The predicted molar refractivity (Wildman–Crippen MR) is 172 cm³/mol. The van der Waals surface area contributed by atoms with Crippen LogP contribution in [0.5, 0.6) is 5.75 Å². The van der Waals surface area contributed by atoms with Crippen LogP contribution >= 0.6 is 11.3 Å². The number of ketones is 1. The van der Waals surface area contributed by atoms with E-state index in [1.165, 1.54) is 25.3 Å². The molecule has 0 saturated carbocycles. The van der Waals surface area contributed by atoms with E-state index in [2.05, 4.69) is 11.6 Å². The van der Waals surface area contributed by atoms with Gasteiger partial charge in [0.05, 0.1) is 30.0 Å². The standard InChI is InChI=1S/C35H30N2O8S/c1-5-17-44-34(42)31-21(3)36-35(46-31)37-28(23-9-11-25(12-10-23)33(41)43-4)27(30(39)32(37)40)29(38)24-13-15-26(16-14-24)45-19-22-8-6-7-20(2)18-22/h5-16,18,28,38H,1,17,19H2,2-4H3. The molecule has 1 aliphatic heterocycles. The van der Waals surface area contributed by atoms with Crippen molar-refractivity contribution >= 4 is 45.9 Å². The molecule has 1 N–H and O–H groups in total. The maximum absolute atomic E-state index is 13.6. The van der Waals surface area contributed by atoms with Gasteiger partial charge in [0.25, 0.3) is 5.78 Å². The number of aliphatic hydroxyl groups excluding tert-OH is 1. The maximum Gasteiger partial charge on any atom is 0.350 e. The van der Waals surface area contributed by atoms with Crippen molar-refractivity contribution in [2.24, 2.45) is 0 Å². The number of amides is 1. The normalized spacial score (nSPS) is 15.5. The zero-order valence-corrected chi connectivity index (χ0v) is 26.1. The number of anilines is 1. The van der Waals surface area contributed by atoms with Crippen molar-refractivity contribution in [2.75, 3.05) is 18.6 Å². The first kappa shape index (κ1) is 31.9. The molecule has 1 saturated heterocycles. The van der Waals surface area contributed by atoms with Crippen LogP contribution in [-0.4, -0.2) is 47.4 Å². The highest BCUT2D eigenvalue weighted by atomic mass is 32.1. The molecule has 0 aliphatic carbocycles. The summed E-state index contributed by atoms with van der Waals surface area (Å²) in [5, 5.41) is 11.6. The number of hydrogen-bond donors (Lipinski definition) is 1. The molecule has 1 aromatic heterocycles. The molecule has 0 radical (unpaired) electrons. The van der Waals surface area contributed by atoms with E-state index in [0.717, 1.165) is 27.4 Å². The Balaban J connectivity index is 1.54. The van der Waals surface area contributed by atoms with Crippen molar-refractivity contribution in [1.82, 2.24) is 4.98 Å². The van der Waals surface area contributed by atoms with E-state index in [0.29, 0.717) is 23.6 Å². The van der Waals surface area contributed by atoms with Crippen LogP contribution < -0.4 is 9.64 Å². The van der Waals surface area contributed by atoms with Gasteiger partial charge in [-0.3, -0.25) is 14.5 Å². The molecule has 1 aliphatic rings. The Morgan fingerprint density at radius 1 is 1.00 bits per heavy atom. The third-order valence-electron chi connectivity index (χ3n) is 7.22. The summed E-state index contributed by atoms with van der Waals surface area (Å²) < 4.78 is 15.8. The number of ether oxygens (including phenoxy) is 3. The van der Waals surface area contributed by atoms with Gasteiger partial charge in [-0.15, -0.1) is 0 Å². The fraction of sp³-hybridized carbons (Fsp3) is 0.171. The second-order valence-corrected chi connectivity index (χ2v) is 11.4. The average Bonchev–Trinajstić information content (AvgIpc) is 3.58. The monoisotopic (exact) mass is 638 g/mol. The molecule has 10 nitrogen and oxygen atoms in total. The van der Waals surface area contributed by atoms with Gasteiger partial charge in [0.2, 0.25) is 0 Å². The second-order valence-electron chi connectivity index (χ2n) is 10.4. The third-order valence-corrected chi connectivity index (χ3v) is 8.35. The van der Waals surface area contributed by atoms with Gasteiger partial charge in [0.15, 0.2) is 5.13 Å². The number of carbonyl (C=O) groups excluding carboxylic acids is 4. The maximum atomic E-state index is 13.6. The summed E-state index contributed by atoms with van der Waals surface area (Å²) in [5.41, 5.74) is 3.17. The molecule has 4 aromatic rings. The van der Waals surface area contributed by atoms with Gasteiger partial charge in [0, 0.05) is 5.56 Å². The summed E-state index contributed by atoms with van der Waals surface area (Å²) in [4.78, 5) is 57.6. The van der Waals surface area contributed by atoms with Gasteiger partial charge >= 0.3 is 17.8 Å². The lowest BCUT2D eigenvalue weighted by Gasteiger charge is -2.23. The van der Waals surface area contributed by atoms with Gasteiger partial charge in [-0.1, -0.05) is 66.0 Å². The summed E-state index contributed by atoms with van der Waals surface area (Å²) in [6, 6.07) is 19.4. The number of aromatic nitrogens is 1. The molecule has 1 amide bonds. The lowest BCUT2D eigenvalue weighted by molar-refractivity contribution is -0.132. The quantitative estimate of drug-likeness (QED) is 0.0720. The fourth-order valence-electron chi connectivity index (χ4n) is 4.97. The number of esters is 2. The van der Waals surface area contributed by atoms with Gasteiger partial charge in [-0.2, -0.15) is 0 Å². The van der Waals surface area contributed by atoms with Crippen molar-refractivity contribution in [1.29, 1.82) is 0 Å². The molecule has 1 unspecified atom stereocenters. The lowest BCUT2D eigenvalue weighted by Crippen LogP contribution is -2.29. The number of methoxy groups -OCH3 is 1. The van der Waals surface area contributed by atoms with Crippen LogP contribution in [0.2, 0.25) is 0 Å². The highest BCUT2D eigenvalue weighted by Crippen LogP contribution is 2.44. The molecule has 0 bridgehead atoms. The minimum absolute atomic E-state index is 0.0156. The van der Waals surface area contributed by atoms with E-state index < -0.39 is 35.4 Å². The first-order valence-corrected chi connectivity index (χ1v) is 15.0. The summed E-state index contributed by atoms with van der Waals surface area (Å²) >= 11 is 0.885. The van der Waals surface area contributed by atoms with E-state index in [4.69, 9.17) is 14.2 Å². The zero-order valence-electron chi connectivity index (χ0n) is 25.3. The molecule has 5 rings (SSSR count). The van der Waals surface area contributed by atoms with E-state index in [1.807, 2.05) is 31.2 Å². The van der Waals surface area contributed by atoms with Crippen LogP contribution in [0.3, 0.4) is 0 Å². The molecule has 234 valence electrons. The molecular formula is C35H30N2O8S. The summed E-state index contributed by atoms with van der Waals surface area (Å²) in [6.07, 6.45) is 1.43. The van der Waals surface area contributed by atoms with Gasteiger partial charge in [-0.25, -0.2) is 14.6 Å². The van der Waals surface area contributed by atoms with E-state index in [1.54, 1.807) is 43.3 Å². The van der Waals surface area contributed by atoms with Crippen LogP contribution in [0.4, 0.5) is 5.13 Å². The minimum atomic E-state index is -1.13. The molecule has 3 aromatic carbocycles.